The van der Waals surface area contributed by atoms with Gasteiger partial charge in [-0.2, -0.15) is 0 Å². The first kappa shape index (κ1) is 16.9. The summed E-state index contributed by atoms with van der Waals surface area (Å²) < 4.78 is 16.2. The van der Waals surface area contributed by atoms with Crippen molar-refractivity contribution in [2.45, 2.75) is 37.6 Å². The van der Waals surface area contributed by atoms with Gasteiger partial charge in [-0.25, -0.2) is 4.79 Å². The molecule has 5 N–H and O–H groups in total. The van der Waals surface area contributed by atoms with E-state index in [0.29, 0.717) is 11.3 Å². The molecule has 1 fully saturated rings. The van der Waals surface area contributed by atoms with Crippen LogP contribution in [0.4, 0.5) is 0 Å². The van der Waals surface area contributed by atoms with Crippen molar-refractivity contribution in [1.82, 2.24) is 0 Å². The van der Waals surface area contributed by atoms with Crippen molar-refractivity contribution in [1.29, 1.82) is 0 Å². The van der Waals surface area contributed by atoms with Crippen LogP contribution in [0, 0.1) is 6.92 Å². The highest BCUT2D eigenvalue weighted by molar-refractivity contribution is 5.81. The van der Waals surface area contributed by atoms with Gasteiger partial charge in [-0.3, -0.25) is 0 Å². The Kier molecular flexibility index (Phi) is 4.57. The van der Waals surface area contributed by atoms with Crippen molar-refractivity contribution >= 4 is 11.0 Å². The topological polar surface area (TPSA) is 135 Å². The first-order valence-electron chi connectivity index (χ1n) is 7.50. The largest absolute Gasteiger partial charge is 0.463 e. The van der Waals surface area contributed by atoms with Crippen molar-refractivity contribution in [3.63, 3.8) is 0 Å². The van der Waals surface area contributed by atoms with Gasteiger partial charge in [0.15, 0.2) is 0 Å². The van der Waals surface area contributed by atoms with E-state index in [2.05, 4.69) is 0 Å². The molecule has 130 valence electrons. The van der Waals surface area contributed by atoms with Crippen LogP contribution in [-0.2, 0) is 4.74 Å². The Morgan fingerprint density at radius 3 is 2.71 bits per heavy atom. The second kappa shape index (κ2) is 6.50. The van der Waals surface area contributed by atoms with Crippen molar-refractivity contribution in [3.05, 3.63) is 40.2 Å². The summed E-state index contributed by atoms with van der Waals surface area (Å²) in [5.41, 5.74) is 6.48. The van der Waals surface area contributed by atoms with Gasteiger partial charge in [0, 0.05) is 17.5 Å². The van der Waals surface area contributed by atoms with Gasteiger partial charge in [-0.15, -0.1) is 0 Å². The molecule has 2 heterocycles. The Bertz CT molecular complexity index is 788. The predicted octanol–water partition coefficient (Wildman–Crippen LogP) is -0.753. The molecule has 0 spiro atoms. The van der Waals surface area contributed by atoms with Gasteiger partial charge in [-0.1, -0.05) is 0 Å². The van der Waals surface area contributed by atoms with Gasteiger partial charge < -0.3 is 34.9 Å². The molecule has 8 heteroatoms. The molecule has 0 unspecified atom stereocenters. The number of fused-ring (bicyclic) bond motifs is 1. The predicted molar refractivity (Wildman–Crippen MR) is 83.6 cm³/mol. The molecular weight excluding hydrogens is 318 g/mol. The average molecular weight is 337 g/mol. The maximum atomic E-state index is 11.5. The number of rotatable bonds is 3. The summed E-state index contributed by atoms with van der Waals surface area (Å²) in [6.07, 6.45) is -4.69. The monoisotopic (exact) mass is 337 g/mol. The Balaban J connectivity index is 1.87. The smallest absolute Gasteiger partial charge is 0.336 e. The number of benzene rings is 1. The minimum absolute atomic E-state index is 0.317. The highest BCUT2D eigenvalue weighted by Crippen LogP contribution is 2.26. The minimum Gasteiger partial charge on any atom is -0.463 e. The molecule has 8 nitrogen and oxygen atoms in total. The van der Waals surface area contributed by atoms with E-state index in [1.807, 2.05) is 0 Å². The molecule has 5 atom stereocenters. The van der Waals surface area contributed by atoms with E-state index in [9.17, 15) is 20.1 Å². The van der Waals surface area contributed by atoms with Crippen LogP contribution in [0.1, 0.15) is 5.56 Å². The molecule has 0 bridgehead atoms. The third kappa shape index (κ3) is 3.02. The Morgan fingerprint density at radius 1 is 1.25 bits per heavy atom. The fraction of sp³-hybridized carbons (Fsp3) is 0.438. The molecule has 3 rings (SSSR count). The van der Waals surface area contributed by atoms with Gasteiger partial charge in [0.2, 0.25) is 6.29 Å². The molecule has 1 aromatic heterocycles. The summed E-state index contributed by atoms with van der Waals surface area (Å²) in [5.74, 6) is 0.317. The third-order valence-electron chi connectivity index (χ3n) is 4.10. The fourth-order valence-electron chi connectivity index (χ4n) is 2.72. The van der Waals surface area contributed by atoms with Crippen molar-refractivity contribution in [2.24, 2.45) is 5.73 Å². The molecule has 24 heavy (non-hydrogen) atoms. The van der Waals surface area contributed by atoms with Crippen LogP contribution >= 0.6 is 0 Å². The average Bonchev–Trinajstić information content (AvgIpc) is 2.55. The van der Waals surface area contributed by atoms with E-state index < -0.39 is 42.9 Å². The number of aliphatic hydroxyl groups excluding tert-OH is 3. The molecule has 1 aliphatic rings. The second-order valence-corrected chi connectivity index (χ2v) is 5.81. The van der Waals surface area contributed by atoms with Crippen LogP contribution in [0.3, 0.4) is 0 Å². The molecular formula is C16H19NO7. The lowest BCUT2D eigenvalue weighted by atomic mass is 9.98. The van der Waals surface area contributed by atoms with E-state index >= 15 is 0 Å². The molecule has 0 radical (unpaired) electrons. The highest BCUT2D eigenvalue weighted by Gasteiger charge is 2.43. The lowest BCUT2D eigenvalue weighted by Gasteiger charge is -2.40. The van der Waals surface area contributed by atoms with Crippen LogP contribution in [0.15, 0.2) is 33.5 Å². The van der Waals surface area contributed by atoms with Gasteiger partial charge in [0.1, 0.15) is 29.6 Å². The number of ether oxygens (including phenoxy) is 2. The minimum atomic E-state index is -1.30. The lowest BCUT2D eigenvalue weighted by Crippen LogP contribution is -2.63. The van der Waals surface area contributed by atoms with Crippen LogP contribution in [0.5, 0.6) is 5.75 Å². The maximum Gasteiger partial charge on any atom is 0.336 e. The number of aryl methyl sites for hydroxylation is 1. The van der Waals surface area contributed by atoms with E-state index in [0.717, 1.165) is 10.9 Å². The van der Waals surface area contributed by atoms with E-state index in [1.165, 1.54) is 12.1 Å². The Morgan fingerprint density at radius 2 is 2.00 bits per heavy atom. The number of aliphatic hydroxyl groups is 3. The Hall–Kier alpha value is -1.97. The standard InChI is InChI=1S/C16H19NO7/c1-7-4-12(19)23-10-5-8(2-3-9(7)10)22-16-13(17)15(21)14(20)11(6-18)24-16/h2-5,11,13-16,18,20-21H,6,17H2,1H3/t11-,13-,14-,15-,16-/m1/s1. The van der Waals surface area contributed by atoms with Crippen LogP contribution in [0.25, 0.3) is 11.0 Å². The SMILES string of the molecule is Cc1cc(=O)oc2cc(O[C@@H]3O[C@H](CO)[C@@H](O)[C@H](O)[C@H]3N)ccc12. The molecule has 1 saturated heterocycles. The maximum absolute atomic E-state index is 11.5. The molecule has 1 aliphatic heterocycles. The molecule has 0 saturated carbocycles. The lowest BCUT2D eigenvalue weighted by molar-refractivity contribution is -0.239. The third-order valence-corrected chi connectivity index (χ3v) is 4.10. The first-order valence-corrected chi connectivity index (χ1v) is 7.50. The molecule has 0 amide bonds. The quantitative estimate of drug-likeness (QED) is 0.537. The zero-order valence-corrected chi connectivity index (χ0v) is 13.0. The van der Waals surface area contributed by atoms with Gasteiger partial charge in [-0.05, 0) is 24.6 Å². The molecule has 2 aromatic rings. The zero-order valence-electron chi connectivity index (χ0n) is 13.0. The zero-order chi connectivity index (χ0) is 17.4. The molecule has 1 aromatic carbocycles. The summed E-state index contributed by atoms with van der Waals surface area (Å²) in [4.78, 5) is 11.5. The van der Waals surface area contributed by atoms with Gasteiger partial charge >= 0.3 is 5.63 Å². The highest BCUT2D eigenvalue weighted by atomic mass is 16.7. The van der Waals surface area contributed by atoms with Crippen molar-refractivity contribution < 1.29 is 29.2 Å². The van der Waals surface area contributed by atoms with Crippen LogP contribution in [-0.4, -0.2) is 52.6 Å². The first-order chi connectivity index (χ1) is 11.4. The summed E-state index contributed by atoms with van der Waals surface area (Å²) in [7, 11) is 0. The second-order valence-electron chi connectivity index (χ2n) is 5.81. The summed E-state index contributed by atoms with van der Waals surface area (Å²) in [5, 5.41) is 29.7. The van der Waals surface area contributed by atoms with Crippen LogP contribution in [0.2, 0.25) is 0 Å². The summed E-state index contributed by atoms with van der Waals surface area (Å²) in [6, 6.07) is 5.28. The normalized spacial score (nSPS) is 30.5. The number of hydrogen-bond donors (Lipinski definition) is 4. The fourth-order valence-corrected chi connectivity index (χ4v) is 2.72. The summed E-state index contributed by atoms with van der Waals surface area (Å²) in [6.45, 7) is 1.31. The van der Waals surface area contributed by atoms with E-state index in [-0.39, 0.29) is 0 Å². The molecule has 0 aliphatic carbocycles. The van der Waals surface area contributed by atoms with Crippen molar-refractivity contribution in [2.75, 3.05) is 6.61 Å². The number of nitrogens with two attached hydrogens (primary N) is 1. The van der Waals surface area contributed by atoms with E-state index in [4.69, 9.17) is 19.6 Å². The number of hydrogen-bond acceptors (Lipinski definition) is 8. The van der Waals surface area contributed by atoms with Gasteiger partial charge in [0.25, 0.3) is 0 Å². The van der Waals surface area contributed by atoms with Gasteiger partial charge in [0.05, 0.1) is 12.6 Å². The van der Waals surface area contributed by atoms with Crippen LogP contribution < -0.4 is 16.1 Å². The summed E-state index contributed by atoms with van der Waals surface area (Å²) >= 11 is 0. The Labute approximate surface area is 137 Å². The van der Waals surface area contributed by atoms with E-state index in [1.54, 1.807) is 19.1 Å². The van der Waals surface area contributed by atoms with Crippen molar-refractivity contribution in [3.8, 4) is 5.75 Å².